The zero-order chi connectivity index (χ0) is 15.2. The molecule has 3 N–H and O–H groups in total. The Morgan fingerprint density at radius 3 is 2.38 bits per heavy atom. The van der Waals surface area contributed by atoms with E-state index >= 15 is 0 Å². The molecule has 0 heterocycles. The average Bonchev–Trinajstić information content (AvgIpc) is 2.53. The average molecular weight is 284 g/mol. The van der Waals surface area contributed by atoms with Crippen molar-refractivity contribution in [1.29, 1.82) is 0 Å². The maximum atomic E-state index is 12.0. The summed E-state index contributed by atoms with van der Waals surface area (Å²) in [5.74, 6) is -0.0482. The van der Waals surface area contributed by atoms with Crippen LogP contribution in [0.1, 0.15) is 26.3 Å². The van der Waals surface area contributed by atoms with Gasteiger partial charge in [0.25, 0.3) is 5.91 Å². The minimum absolute atomic E-state index is 0.256. The first kappa shape index (κ1) is 14.6. The number of ether oxygens (including phenoxy) is 1. The highest BCUT2D eigenvalue weighted by Gasteiger charge is 2.08. The summed E-state index contributed by atoms with van der Waals surface area (Å²) < 4.78 is 5.07. The first-order valence-electron chi connectivity index (χ1n) is 6.41. The maximum Gasteiger partial charge on any atom is 0.251 e. The van der Waals surface area contributed by atoms with Crippen LogP contribution in [0, 0.1) is 0 Å². The van der Waals surface area contributed by atoms with E-state index in [1.165, 1.54) is 6.07 Å². The van der Waals surface area contributed by atoms with Gasteiger partial charge in [-0.05, 0) is 35.9 Å². The van der Waals surface area contributed by atoms with Crippen LogP contribution in [0.4, 0.5) is 0 Å². The summed E-state index contributed by atoms with van der Waals surface area (Å²) in [7, 11) is 1.60. The molecule has 0 aromatic heterocycles. The van der Waals surface area contributed by atoms with Crippen molar-refractivity contribution < 1.29 is 14.3 Å². The fourth-order valence-electron chi connectivity index (χ4n) is 1.84. The van der Waals surface area contributed by atoms with Crippen LogP contribution >= 0.6 is 0 Å². The van der Waals surface area contributed by atoms with Gasteiger partial charge in [-0.25, -0.2) is 0 Å². The van der Waals surface area contributed by atoms with Crippen molar-refractivity contribution in [2.75, 3.05) is 7.11 Å². The van der Waals surface area contributed by atoms with Gasteiger partial charge in [0.15, 0.2) is 0 Å². The molecule has 2 aromatic rings. The lowest BCUT2D eigenvalue weighted by atomic mass is 10.1. The van der Waals surface area contributed by atoms with Gasteiger partial charge in [0, 0.05) is 17.7 Å². The van der Waals surface area contributed by atoms with Gasteiger partial charge in [0.2, 0.25) is 5.91 Å². The summed E-state index contributed by atoms with van der Waals surface area (Å²) in [5, 5.41) is 2.79. The van der Waals surface area contributed by atoms with Crippen molar-refractivity contribution in [3.05, 3.63) is 65.2 Å². The third kappa shape index (κ3) is 3.82. The van der Waals surface area contributed by atoms with Crippen LogP contribution in [0.3, 0.4) is 0 Å². The Bertz CT molecular complexity index is 651. The van der Waals surface area contributed by atoms with Crippen molar-refractivity contribution in [3.8, 4) is 5.75 Å². The van der Waals surface area contributed by atoms with Crippen molar-refractivity contribution >= 4 is 11.8 Å². The van der Waals surface area contributed by atoms with Crippen LogP contribution in [0.2, 0.25) is 0 Å². The van der Waals surface area contributed by atoms with Crippen molar-refractivity contribution in [2.24, 2.45) is 5.73 Å². The standard InChI is InChI=1S/C16H16N2O3/c1-21-14-7-5-11(6-8-14)10-18-16(20)13-4-2-3-12(9-13)15(17)19/h2-9H,10H2,1H3,(H2,17,19)(H,18,20). The second-order valence-electron chi connectivity index (χ2n) is 4.48. The van der Waals surface area contributed by atoms with E-state index in [9.17, 15) is 9.59 Å². The molecule has 5 nitrogen and oxygen atoms in total. The summed E-state index contributed by atoms with van der Waals surface area (Å²) in [4.78, 5) is 23.1. The number of rotatable bonds is 5. The molecule has 108 valence electrons. The Morgan fingerprint density at radius 1 is 1.10 bits per heavy atom. The molecule has 0 fully saturated rings. The molecule has 0 radical (unpaired) electrons. The minimum Gasteiger partial charge on any atom is -0.497 e. The van der Waals surface area contributed by atoms with Gasteiger partial charge in [-0.3, -0.25) is 9.59 Å². The lowest BCUT2D eigenvalue weighted by Gasteiger charge is -2.07. The SMILES string of the molecule is COc1ccc(CNC(=O)c2cccc(C(N)=O)c2)cc1. The molecule has 0 aliphatic carbocycles. The second-order valence-corrected chi connectivity index (χ2v) is 4.48. The maximum absolute atomic E-state index is 12.0. The molecule has 0 spiro atoms. The van der Waals surface area contributed by atoms with Crippen molar-refractivity contribution in [2.45, 2.75) is 6.54 Å². The molecule has 21 heavy (non-hydrogen) atoms. The van der Waals surface area contributed by atoms with E-state index in [1.807, 2.05) is 24.3 Å². The van der Waals surface area contributed by atoms with Gasteiger partial charge in [0.1, 0.15) is 5.75 Å². The number of hydrogen-bond donors (Lipinski definition) is 2. The number of nitrogens with one attached hydrogen (secondary N) is 1. The lowest BCUT2D eigenvalue weighted by molar-refractivity contribution is 0.0951. The first-order chi connectivity index (χ1) is 10.1. The van der Waals surface area contributed by atoms with Crippen LogP contribution < -0.4 is 15.8 Å². The smallest absolute Gasteiger partial charge is 0.251 e. The monoisotopic (exact) mass is 284 g/mol. The lowest BCUT2D eigenvalue weighted by Crippen LogP contribution is -2.23. The van der Waals surface area contributed by atoms with Gasteiger partial charge in [-0.1, -0.05) is 18.2 Å². The zero-order valence-corrected chi connectivity index (χ0v) is 11.6. The van der Waals surface area contributed by atoms with Gasteiger partial charge >= 0.3 is 0 Å². The van der Waals surface area contributed by atoms with E-state index in [0.717, 1.165) is 11.3 Å². The number of methoxy groups -OCH3 is 1. The van der Waals surface area contributed by atoms with Crippen LogP contribution in [0.25, 0.3) is 0 Å². The molecule has 0 aliphatic heterocycles. The van der Waals surface area contributed by atoms with E-state index in [4.69, 9.17) is 10.5 Å². The Kier molecular flexibility index (Phi) is 4.56. The molecular weight excluding hydrogens is 268 g/mol. The van der Waals surface area contributed by atoms with Crippen LogP contribution in [0.15, 0.2) is 48.5 Å². The molecule has 0 unspecified atom stereocenters. The van der Waals surface area contributed by atoms with Gasteiger partial charge in [0.05, 0.1) is 7.11 Å². The summed E-state index contributed by atoms with van der Waals surface area (Å²) in [5.41, 5.74) is 6.86. The summed E-state index contributed by atoms with van der Waals surface area (Å²) in [6.45, 7) is 0.392. The second kappa shape index (κ2) is 6.56. The van der Waals surface area contributed by atoms with Crippen LogP contribution in [-0.2, 0) is 6.54 Å². The Hall–Kier alpha value is -2.82. The van der Waals surface area contributed by atoms with Crippen LogP contribution in [-0.4, -0.2) is 18.9 Å². The van der Waals surface area contributed by atoms with E-state index < -0.39 is 5.91 Å². The molecule has 2 aromatic carbocycles. The Morgan fingerprint density at radius 2 is 1.76 bits per heavy atom. The zero-order valence-electron chi connectivity index (χ0n) is 11.6. The fraction of sp³-hybridized carbons (Fsp3) is 0.125. The van der Waals surface area contributed by atoms with Gasteiger partial charge < -0.3 is 15.8 Å². The molecule has 0 saturated carbocycles. The van der Waals surface area contributed by atoms with Crippen molar-refractivity contribution in [1.82, 2.24) is 5.32 Å². The Balaban J connectivity index is 2.00. The van der Waals surface area contributed by atoms with Gasteiger partial charge in [-0.15, -0.1) is 0 Å². The molecule has 0 atom stereocenters. The highest BCUT2D eigenvalue weighted by molar-refractivity contribution is 5.99. The number of hydrogen-bond acceptors (Lipinski definition) is 3. The number of carbonyl (C=O) groups is 2. The predicted octanol–water partition coefficient (Wildman–Crippen LogP) is 1.72. The largest absolute Gasteiger partial charge is 0.497 e. The highest BCUT2D eigenvalue weighted by atomic mass is 16.5. The molecular formula is C16H16N2O3. The topological polar surface area (TPSA) is 81.4 Å². The highest BCUT2D eigenvalue weighted by Crippen LogP contribution is 2.11. The van der Waals surface area contributed by atoms with E-state index in [-0.39, 0.29) is 5.91 Å². The summed E-state index contributed by atoms with van der Waals surface area (Å²) in [6.07, 6.45) is 0. The molecule has 5 heteroatoms. The molecule has 2 amide bonds. The normalized spacial score (nSPS) is 9.95. The van der Waals surface area contributed by atoms with E-state index in [2.05, 4.69) is 5.32 Å². The Labute approximate surface area is 122 Å². The number of carbonyl (C=O) groups excluding carboxylic acids is 2. The summed E-state index contributed by atoms with van der Waals surface area (Å²) in [6, 6.07) is 13.7. The predicted molar refractivity (Wildman–Crippen MR) is 79.1 cm³/mol. The number of benzene rings is 2. The van der Waals surface area contributed by atoms with Crippen molar-refractivity contribution in [3.63, 3.8) is 0 Å². The van der Waals surface area contributed by atoms with Gasteiger partial charge in [-0.2, -0.15) is 0 Å². The molecule has 0 aliphatic rings. The minimum atomic E-state index is -0.556. The molecule has 0 saturated heterocycles. The fourth-order valence-corrected chi connectivity index (χ4v) is 1.84. The molecule has 0 bridgehead atoms. The number of nitrogens with two attached hydrogens (primary N) is 1. The third-order valence-corrected chi connectivity index (χ3v) is 3.02. The van der Waals surface area contributed by atoms with E-state index in [0.29, 0.717) is 17.7 Å². The number of primary amides is 1. The van der Waals surface area contributed by atoms with Crippen LogP contribution in [0.5, 0.6) is 5.75 Å². The quantitative estimate of drug-likeness (QED) is 0.877. The molecule has 2 rings (SSSR count). The third-order valence-electron chi connectivity index (χ3n) is 3.02. The first-order valence-corrected chi connectivity index (χ1v) is 6.41. The number of amides is 2. The summed E-state index contributed by atoms with van der Waals surface area (Å²) >= 11 is 0. The van der Waals surface area contributed by atoms with E-state index in [1.54, 1.807) is 25.3 Å².